The van der Waals surface area contributed by atoms with E-state index in [2.05, 4.69) is 4.74 Å². The summed E-state index contributed by atoms with van der Waals surface area (Å²) in [7, 11) is 1.22. The van der Waals surface area contributed by atoms with Crippen LogP contribution in [-0.4, -0.2) is 31.8 Å². The van der Waals surface area contributed by atoms with Crippen LogP contribution in [0.1, 0.15) is 6.92 Å². The number of carbonyl (C=O) groups excluding carboxylic acids is 2. The second-order valence-electron chi connectivity index (χ2n) is 3.52. The monoisotopic (exact) mass is 253 g/mol. The number of hydrogen-bond acceptors (Lipinski definition) is 6. The Hall–Kier alpha value is -2.24. The molecule has 6 heteroatoms. The van der Waals surface area contributed by atoms with E-state index in [4.69, 9.17) is 15.2 Å². The molecule has 0 aliphatic carbocycles. The third-order valence-corrected chi connectivity index (χ3v) is 2.06. The van der Waals surface area contributed by atoms with Crippen LogP contribution in [-0.2, 0) is 19.1 Å². The molecule has 0 aromatic heterocycles. The summed E-state index contributed by atoms with van der Waals surface area (Å²) in [5.74, 6) is -0.819. The molecule has 0 spiro atoms. The molecular weight excluding hydrogens is 238 g/mol. The Kier molecular flexibility index (Phi) is 4.98. The Bertz CT molecular complexity index is 432. The fourth-order valence-electron chi connectivity index (χ4n) is 1.19. The quantitative estimate of drug-likeness (QED) is 0.615. The number of methoxy groups -OCH3 is 1. The lowest BCUT2D eigenvalue weighted by Gasteiger charge is -2.11. The van der Waals surface area contributed by atoms with Gasteiger partial charge in [0.2, 0.25) is 0 Å². The molecule has 1 rings (SSSR count). The van der Waals surface area contributed by atoms with E-state index in [-0.39, 0.29) is 6.61 Å². The minimum absolute atomic E-state index is 0.301. The SMILES string of the molecule is COC(=O)C(C)OC(=O)COc1cccc(N)c1. The van der Waals surface area contributed by atoms with Crippen LogP contribution in [0, 0.1) is 0 Å². The van der Waals surface area contributed by atoms with Gasteiger partial charge in [0, 0.05) is 11.8 Å². The average molecular weight is 253 g/mol. The Morgan fingerprint density at radius 1 is 1.39 bits per heavy atom. The molecule has 0 aliphatic heterocycles. The maximum atomic E-state index is 11.3. The first-order valence-electron chi connectivity index (χ1n) is 5.28. The molecule has 0 saturated carbocycles. The summed E-state index contributed by atoms with van der Waals surface area (Å²) < 4.78 is 14.4. The Morgan fingerprint density at radius 2 is 2.11 bits per heavy atom. The highest BCUT2D eigenvalue weighted by molar-refractivity contribution is 5.79. The lowest BCUT2D eigenvalue weighted by molar-refractivity contribution is -0.165. The minimum atomic E-state index is -0.952. The van der Waals surface area contributed by atoms with Crippen molar-refractivity contribution in [3.8, 4) is 5.75 Å². The van der Waals surface area contributed by atoms with E-state index in [0.29, 0.717) is 11.4 Å². The number of nitrogens with two attached hydrogens (primary N) is 1. The van der Waals surface area contributed by atoms with Gasteiger partial charge >= 0.3 is 11.9 Å². The first kappa shape index (κ1) is 13.8. The van der Waals surface area contributed by atoms with Crippen LogP contribution in [0.4, 0.5) is 5.69 Å². The van der Waals surface area contributed by atoms with Gasteiger partial charge in [0.25, 0.3) is 0 Å². The number of carbonyl (C=O) groups is 2. The van der Waals surface area contributed by atoms with Crippen LogP contribution < -0.4 is 10.5 Å². The van der Waals surface area contributed by atoms with E-state index >= 15 is 0 Å². The van der Waals surface area contributed by atoms with Gasteiger partial charge < -0.3 is 19.9 Å². The number of hydrogen-bond donors (Lipinski definition) is 1. The molecule has 0 fully saturated rings. The first-order chi connectivity index (χ1) is 8.52. The lowest BCUT2D eigenvalue weighted by atomic mass is 10.3. The van der Waals surface area contributed by atoms with Crippen LogP contribution in [0.2, 0.25) is 0 Å². The van der Waals surface area contributed by atoms with E-state index in [9.17, 15) is 9.59 Å². The van der Waals surface area contributed by atoms with Crippen molar-refractivity contribution in [3.63, 3.8) is 0 Å². The highest BCUT2D eigenvalue weighted by Gasteiger charge is 2.18. The van der Waals surface area contributed by atoms with Crippen molar-refractivity contribution in [2.75, 3.05) is 19.5 Å². The molecule has 0 aliphatic rings. The summed E-state index contributed by atoms with van der Waals surface area (Å²) in [5, 5.41) is 0. The minimum Gasteiger partial charge on any atom is -0.482 e. The van der Waals surface area contributed by atoms with Crippen molar-refractivity contribution >= 4 is 17.6 Å². The Morgan fingerprint density at radius 3 is 2.72 bits per heavy atom. The zero-order valence-corrected chi connectivity index (χ0v) is 10.2. The number of benzene rings is 1. The molecule has 0 saturated heterocycles. The average Bonchev–Trinajstić information content (AvgIpc) is 2.35. The van der Waals surface area contributed by atoms with Crippen molar-refractivity contribution in [2.24, 2.45) is 0 Å². The van der Waals surface area contributed by atoms with Crippen molar-refractivity contribution in [2.45, 2.75) is 13.0 Å². The van der Waals surface area contributed by atoms with Gasteiger partial charge in [-0.3, -0.25) is 0 Å². The topological polar surface area (TPSA) is 87.8 Å². The standard InChI is InChI=1S/C12H15NO5/c1-8(12(15)16-2)18-11(14)7-17-10-5-3-4-9(13)6-10/h3-6,8H,7,13H2,1-2H3. The third kappa shape index (κ3) is 4.32. The first-order valence-corrected chi connectivity index (χ1v) is 5.28. The fraction of sp³-hybridized carbons (Fsp3) is 0.333. The second kappa shape index (κ2) is 6.48. The predicted molar refractivity (Wildman–Crippen MR) is 63.9 cm³/mol. The molecule has 1 unspecified atom stereocenters. The normalized spacial score (nSPS) is 11.4. The Balaban J connectivity index is 2.40. The molecule has 98 valence electrons. The molecule has 0 heterocycles. The van der Waals surface area contributed by atoms with Gasteiger partial charge in [-0.25, -0.2) is 9.59 Å². The number of rotatable bonds is 5. The molecule has 0 radical (unpaired) electrons. The van der Waals surface area contributed by atoms with Gasteiger partial charge in [0.15, 0.2) is 12.7 Å². The summed E-state index contributed by atoms with van der Waals surface area (Å²) in [5.41, 5.74) is 6.08. The van der Waals surface area contributed by atoms with E-state index < -0.39 is 18.0 Å². The maximum Gasteiger partial charge on any atom is 0.346 e. The molecule has 0 amide bonds. The van der Waals surface area contributed by atoms with Crippen molar-refractivity contribution < 1.29 is 23.8 Å². The molecule has 1 aromatic carbocycles. The third-order valence-electron chi connectivity index (χ3n) is 2.06. The van der Waals surface area contributed by atoms with Gasteiger partial charge in [0.05, 0.1) is 7.11 Å². The number of anilines is 1. The molecule has 18 heavy (non-hydrogen) atoms. The van der Waals surface area contributed by atoms with Crippen LogP contribution in [0.25, 0.3) is 0 Å². The molecule has 1 aromatic rings. The second-order valence-corrected chi connectivity index (χ2v) is 3.52. The summed E-state index contributed by atoms with van der Waals surface area (Å²) in [6.45, 7) is 1.12. The largest absolute Gasteiger partial charge is 0.482 e. The molecule has 6 nitrogen and oxygen atoms in total. The lowest BCUT2D eigenvalue weighted by Crippen LogP contribution is -2.27. The van der Waals surface area contributed by atoms with Crippen molar-refractivity contribution in [1.29, 1.82) is 0 Å². The zero-order chi connectivity index (χ0) is 13.5. The van der Waals surface area contributed by atoms with Crippen LogP contribution in [0.5, 0.6) is 5.75 Å². The molecular formula is C12H15NO5. The van der Waals surface area contributed by atoms with Gasteiger partial charge in [-0.1, -0.05) is 6.07 Å². The predicted octanol–water partition coefficient (Wildman–Crippen LogP) is 0.752. The highest BCUT2D eigenvalue weighted by atomic mass is 16.6. The van der Waals surface area contributed by atoms with E-state index in [1.165, 1.54) is 14.0 Å². The smallest absolute Gasteiger partial charge is 0.346 e. The summed E-state index contributed by atoms with van der Waals surface area (Å²) in [4.78, 5) is 22.4. The van der Waals surface area contributed by atoms with Crippen molar-refractivity contribution in [1.82, 2.24) is 0 Å². The van der Waals surface area contributed by atoms with Gasteiger partial charge in [-0.05, 0) is 19.1 Å². The van der Waals surface area contributed by atoms with Gasteiger partial charge in [0.1, 0.15) is 5.75 Å². The molecule has 1 atom stereocenters. The van der Waals surface area contributed by atoms with Crippen LogP contribution in [0.3, 0.4) is 0 Å². The maximum absolute atomic E-state index is 11.3. The summed E-state index contributed by atoms with van der Waals surface area (Å²) in [6.07, 6.45) is -0.952. The highest BCUT2D eigenvalue weighted by Crippen LogP contribution is 2.14. The number of esters is 2. The zero-order valence-electron chi connectivity index (χ0n) is 10.2. The van der Waals surface area contributed by atoms with E-state index in [1.807, 2.05) is 0 Å². The number of ether oxygens (including phenoxy) is 3. The fourth-order valence-corrected chi connectivity index (χ4v) is 1.19. The van der Waals surface area contributed by atoms with Crippen molar-refractivity contribution in [3.05, 3.63) is 24.3 Å². The van der Waals surface area contributed by atoms with Crippen LogP contribution in [0.15, 0.2) is 24.3 Å². The molecule has 2 N–H and O–H groups in total. The van der Waals surface area contributed by atoms with E-state index in [0.717, 1.165) is 0 Å². The Labute approximate surface area is 105 Å². The van der Waals surface area contributed by atoms with Gasteiger partial charge in [-0.2, -0.15) is 0 Å². The number of nitrogen functional groups attached to an aromatic ring is 1. The molecule has 0 bridgehead atoms. The van der Waals surface area contributed by atoms with E-state index in [1.54, 1.807) is 24.3 Å². The summed E-state index contributed by atoms with van der Waals surface area (Å²) in [6, 6.07) is 6.64. The summed E-state index contributed by atoms with van der Waals surface area (Å²) >= 11 is 0. The van der Waals surface area contributed by atoms with Crippen LogP contribution >= 0.6 is 0 Å². The van der Waals surface area contributed by atoms with Gasteiger partial charge in [-0.15, -0.1) is 0 Å².